The van der Waals surface area contributed by atoms with Gasteiger partial charge in [0.2, 0.25) is 0 Å². The first kappa shape index (κ1) is 21.6. The van der Waals surface area contributed by atoms with E-state index in [2.05, 4.69) is 4.98 Å². The minimum atomic E-state index is -4.81. The zero-order valence-electron chi connectivity index (χ0n) is 16.7. The molecule has 2 fully saturated rings. The first-order chi connectivity index (χ1) is 14.5. The number of hydrogen-bond donors (Lipinski definition) is 2. The molecular weight excluding hydrogens is 427 g/mol. The van der Waals surface area contributed by atoms with Crippen LogP contribution in [0.5, 0.6) is 5.75 Å². The Balaban J connectivity index is 1.94. The van der Waals surface area contributed by atoms with E-state index in [1.165, 1.54) is 18.6 Å². The smallest absolute Gasteiger partial charge is 0.404 e. The Labute approximate surface area is 172 Å². The molecule has 0 spiro atoms. The predicted molar refractivity (Wildman–Crippen MR) is 103 cm³/mol. The lowest BCUT2D eigenvalue weighted by atomic mass is 9.98. The maximum Gasteiger partial charge on any atom is 0.404 e. The standard InChI is InChI=1S/C19H21F5N4O3/c1-7-11-13(28(8-3-4-8)18(30)26-17(11)29)15(31-2)14(12(7)21)27-5-9(10(20)6-27)16(25)19(22,23)24/h8-10,16H,3-6,25H2,1-2H3,(H,26,29,30). The molecule has 0 radical (unpaired) electrons. The maximum absolute atomic E-state index is 15.4. The molecule has 1 saturated heterocycles. The molecule has 3 atom stereocenters. The fourth-order valence-corrected chi connectivity index (χ4v) is 4.33. The highest BCUT2D eigenvalue weighted by atomic mass is 19.4. The van der Waals surface area contributed by atoms with Crippen LogP contribution in [0.3, 0.4) is 0 Å². The zero-order valence-corrected chi connectivity index (χ0v) is 16.7. The number of anilines is 1. The van der Waals surface area contributed by atoms with Gasteiger partial charge in [-0.15, -0.1) is 0 Å². The lowest BCUT2D eigenvalue weighted by Gasteiger charge is -2.26. The Morgan fingerprint density at radius 2 is 1.87 bits per heavy atom. The number of H-pyrrole nitrogens is 1. The number of hydrogen-bond acceptors (Lipinski definition) is 5. The van der Waals surface area contributed by atoms with Gasteiger partial charge in [0.05, 0.1) is 12.5 Å². The van der Waals surface area contributed by atoms with Crippen molar-refractivity contribution >= 4 is 16.6 Å². The van der Waals surface area contributed by atoms with Gasteiger partial charge >= 0.3 is 11.9 Å². The van der Waals surface area contributed by atoms with Crippen molar-refractivity contribution in [2.45, 2.75) is 44.2 Å². The van der Waals surface area contributed by atoms with Crippen LogP contribution in [0.4, 0.5) is 27.6 Å². The van der Waals surface area contributed by atoms with Crippen LogP contribution in [-0.4, -0.2) is 48.1 Å². The maximum atomic E-state index is 15.4. The number of ether oxygens (including phenoxy) is 1. The van der Waals surface area contributed by atoms with Crippen molar-refractivity contribution in [2.75, 3.05) is 25.1 Å². The van der Waals surface area contributed by atoms with Crippen molar-refractivity contribution in [3.8, 4) is 5.75 Å². The van der Waals surface area contributed by atoms with Crippen molar-refractivity contribution in [3.63, 3.8) is 0 Å². The van der Waals surface area contributed by atoms with E-state index in [0.29, 0.717) is 12.8 Å². The van der Waals surface area contributed by atoms with E-state index in [0.717, 1.165) is 4.90 Å². The van der Waals surface area contributed by atoms with E-state index in [-0.39, 0.29) is 33.9 Å². The van der Waals surface area contributed by atoms with Crippen LogP contribution >= 0.6 is 0 Å². The van der Waals surface area contributed by atoms with E-state index in [9.17, 15) is 27.2 Å². The lowest BCUT2D eigenvalue weighted by molar-refractivity contribution is -0.161. The average Bonchev–Trinajstić information content (AvgIpc) is 3.44. The molecule has 170 valence electrons. The molecular formula is C19H21F5N4O3. The minimum Gasteiger partial charge on any atom is -0.492 e. The molecule has 1 aliphatic carbocycles. The molecule has 4 rings (SSSR count). The third kappa shape index (κ3) is 3.36. The Morgan fingerprint density at radius 1 is 1.23 bits per heavy atom. The van der Waals surface area contributed by atoms with Gasteiger partial charge in [-0.05, 0) is 19.8 Å². The summed E-state index contributed by atoms with van der Waals surface area (Å²) in [7, 11) is 1.19. The number of aromatic nitrogens is 2. The van der Waals surface area contributed by atoms with Crippen LogP contribution < -0.4 is 26.6 Å². The van der Waals surface area contributed by atoms with Crippen LogP contribution in [0.15, 0.2) is 9.59 Å². The second-order valence-electron chi connectivity index (χ2n) is 8.06. The summed E-state index contributed by atoms with van der Waals surface area (Å²) in [5.74, 6) is -2.73. The van der Waals surface area contributed by atoms with Crippen molar-refractivity contribution in [1.29, 1.82) is 0 Å². The number of fused-ring (bicyclic) bond motifs is 1. The fraction of sp³-hybridized carbons (Fsp3) is 0.579. The molecule has 31 heavy (non-hydrogen) atoms. The van der Waals surface area contributed by atoms with Gasteiger partial charge in [-0.25, -0.2) is 13.6 Å². The second kappa shape index (κ2) is 7.21. The number of nitrogens with two attached hydrogens (primary N) is 1. The Kier molecular flexibility index (Phi) is 5.02. The molecule has 3 N–H and O–H groups in total. The van der Waals surface area contributed by atoms with E-state index < -0.39 is 54.5 Å². The van der Waals surface area contributed by atoms with Gasteiger partial charge < -0.3 is 15.4 Å². The van der Waals surface area contributed by atoms with Crippen molar-refractivity contribution < 1.29 is 26.7 Å². The molecule has 1 aromatic heterocycles. The number of methoxy groups -OCH3 is 1. The van der Waals surface area contributed by atoms with Gasteiger partial charge in [0.25, 0.3) is 5.56 Å². The van der Waals surface area contributed by atoms with Crippen LogP contribution in [0, 0.1) is 18.7 Å². The van der Waals surface area contributed by atoms with E-state index in [1.54, 1.807) is 0 Å². The van der Waals surface area contributed by atoms with E-state index in [1.807, 2.05) is 0 Å². The topological polar surface area (TPSA) is 93.3 Å². The highest BCUT2D eigenvalue weighted by Gasteiger charge is 2.49. The van der Waals surface area contributed by atoms with Crippen molar-refractivity contribution in [2.24, 2.45) is 11.7 Å². The molecule has 2 aliphatic rings. The summed E-state index contributed by atoms with van der Waals surface area (Å²) in [6, 6.07) is -2.65. The van der Waals surface area contributed by atoms with Crippen LogP contribution in [0.25, 0.3) is 10.9 Å². The minimum absolute atomic E-state index is 0.0478. The number of aryl methyl sites for hydroxylation is 1. The molecule has 3 unspecified atom stereocenters. The summed E-state index contributed by atoms with van der Waals surface area (Å²) >= 11 is 0. The molecule has 2 heterocycles. The quantitative estimate of drug-likeness (QED) is 0.700. The summed E-state index contributed by atoms with van der Waals surface area (Å²) < 4.78 is 75.8. The first-order valence-corrected chi connectivity index (χ1v) is 9.73. The predicted octanol–water partition coefficient (Wildman–Crippen LogP) is 2.14. The molecule has 1 saturated carbocycles. The SMILES string of the molecule is COc1c(N2CC(F)C(C(N)C(F)(F)F)C2)c(F)c(C)c2c(=O)[nH]c(=O)n(C3CC3)c12. The molecule has 1 aromatic carbocycles. The normalized spacial score (nSPS) is 22.9. The fourth-order valence-electron chi connectivity index (χ4n) is 4.33. The number of benzene rings is 1. The number of nitrogens with one attached hydrogen (secondary N) is 1. The average molecular weight is 448 g/mol. The highest BCUT2D eigenvalue weighted by molar-refractivity contribution is 5.93. The Hall–Kier alpha value is -2.63. The van der Waals surface area contributed by atoms with E-state index >= 15 is 4.39 Å². The Bertz CT molecular complexity index is 1150. The van der Waals surface area contributed by atoms with Gasteiger partial charge in [-0.3, -0.25) is 14.3 Å². The second-order valence-corrected chi connectivity index (χ2v) is 8.06. The summed E-state index contributed by atoms with van der Waals surface area (Å²) in [6.07, 6.45) is -5.45. The van der Waals surface area contributed by atoms with Crippen LogP contribution in [0.2, 0.25) is 0 Å². The molecule has 0 bridgehead atoms. The van der Waals surface area contributed by atoms with Gasteiger partial charge in [0, 0.05) is 30.6 Å². The van der Waals surface area contributed by atoms with Crippen LogP contribution in [0.1, 0.15) is 24.4 Å². The lowest BCUT2D eigenvalue weighted by Crippen LogP contribution is -2.47. The number of nitrogens with zero attached hydrogens (tertiary/aromatic N) is 2. The molecule has 0 amide bonds. The van der Waals surface area contributed by atoms with Gasteiger partial charge in [0.1, 0.15) is 23.4 Å². The summed E-state index contributed by atoms with van der Waals surface area (Å²) in [4.78, 5) is 28.2. The van der Waals surface area contributed by atoms with Crippen molar-refractivity contribution in [1.82, 2.24) is 9.55 Å². The van der Waals surface area contributed by atoms with Gasteiger partial charge in [-0.1, -0.05) is 0 Å². The largest absolute Gasteiger partial charge is 0.492 e. The van der Waals surface area contributed by atoms with Gasteiger partial charge in [0.15, 0.2) is 11.6 Å². The molecule has 12 heteroatoms. The first-order valence-electron chi connectivity index (χ1n) is 9.73. The number of alkyl halides is 4. The molecule has 1 aliphatic heterocycles. The van der Waals surface area contributed by atoms with Crippen molar-refractivity contribution in [3.05, 3.63) is 32.2 Å². The molecule has 7 nitrogen and oxygen atoms in total. The van der Waals surface area contributed by atoms with Crippen LogP contribution in [-0.2, 0) is 0 Å². The van der Waals surface area contributed by atoms with Gasteiger partial charge in [-0.2, -0.15) is 13.2 Å². The molecule has 2 aromatic rings. The Morgan fingerprint density at radius 3 is 2.42 bits per heavy atom. The highest BCUT2D eigenvalue weighted by Crippen LogP contribution is 2.45. The number of halogens is 5. The third-order valence-electron chi connectivity index (χ3n) is 6.05. The summed E-state index contributed by atoms with van der Waals surface area (Å²) in [6.45, 7) is 0.278. The van der Waals surface area contributed by atoms with E-state index in [4.69, 9.17) is 10.5 Å². The third-order valence-corrected chi connectivity index (χ3v) is 6.05. The number of aromatic amines is 1. The summed E-state index contributed by atoms with van der Waals surface area (Å²) in [5, 5.41) is -0.0934. The zero-order chi connectivity index (χ0) is 22.8. The number of rotatable bonds is 4. The monoisotopic (exact) mass is 448 g/mol. The summed E-state index contributed by atoms with van der Waals surface area (Å²) in [5.41, 5.74) is 3.37.